The molecule has 1 N–H and O–H groups in total. The maximum Gasteiger partial charge on any atom is 0.416 e. The molecule has 5 heteroatoms. The van der Waals surface area contributed by atoms with Crippen LogP contribution in [-0.2, 0) is 6.18 Å². The number of halogens is 3. The molecule has 0 amide bonds. The van der Waals surface area contributed by atoms with Crippen LogP contribution in [0.15, 0.2) is 23.0 Å². The summed E-state index contributed by atoms with van der Waals surface area (Å²) in [7, 11) is 0. The third-order valence-electron chi connectivity index (χ3n) is 3.14. The average molecular weight is 269 g/mol. The summed E-state index contributed by atoms with van der Waals surface area (Å²) in [5.41, 5.74) is 0.503. The summed E-state index contributed by atoms with van der Waals surface area (Å²) in [5.74, 6) is 0.0236. The van der Waals surface area contributed by atoms with E-state index >= 15 is 0 Å². The summed E-state index contributed by atoms with van der Waals surface area (Å²) in [6.45, 7) is 5.47. The Morgan fingerprint density at radius 3 is 2.37 bits per heavy atom. The number of benzene rings is 1. The minimum atomic E-state index is -4.41. The van der Waals surface area contributed by atoms with E-state index in [1.165, 1.54) is 6.07 Å². The molecule has 0 atom stereocenters. The molecule has 19 heavy (non-hydrogen) atoms. The Hall–Kier alpha value is -1.78. The van der Waals surface area contributed by atoms with E-state index in [0.717, 1.165) is 12.1 Å². The van der Waals surface area contributed by atoms with Gasteiger partial charge in [0.05, 0.1) is 11.1 Å². The summed E-state index contributed by atoms with van der Waals surface area (Å²) in [4.78, 5) is 15.1. The van der Waals surface area contributed by atoms with Gasteiger partial charge in [-0.3, -0.25) is 4.79 Å². The summed E-state index contributed by atoms with van der Waals surface area (Å²) in [6, 6.07) is 3.16. The van der Waals surface area contributed by atoms with E-state index in [1.807, 2.05) is 13.8 Å². The fraction of sp³-hybridized carbons (Fsp3) is 0.357. The number of H-pyrrole nitrogens is 1. The van der Waals surface area contributed by atoms with Crippen LogP contribution in [0.3, 0.4) is 0 Å². The smallest absolute Gasteiger partial charge is 0.358 e. The summed E-state index contributed by atoms with van der Waals surface area (Å²) < 4.78 is 37.9. The highest BCUT2D eigenvalue weighted by Gasteiger charge is 2.30. The van der Waals surface area contributed by atoms with Gasteiger partial charge < -0.3 is 4.98 Å². The third kappa shape index (κ3) is 2.37. The molecule has 102 valence electrons. The van der Waals surface area contributed by atoms with E-state index in [-0.39, 0.29) is 16.9 Å². The first-order chi connectivity index (χ1) is 8.71. The molecular formula is C14H14F3NO. The van der Waals surface area contributed by atoms with Gasteiger partial charge in [0, 0.05) is 16.6 Å². The van der Waals surface area contributed by atoms with Crippen molar-refractivity contribution in [2.45, 2.75) is 32.9 Å². The van der Waals surface area contributed by atoms with Crippen molar-refractivity contribution in [3.8, 4) is 0 Å². The molecule has 0 saturated carbocycles. The maximum atomic E-state index is 12.6. The number of fused-ring (bicyclic) bond motifs is 1. The van der Waals surface area contributed by atoms with Gasteiger partial charge in [0.15, 0.2) is 5.43 Å². The Bertz CT molecular complexity index is 683. The topological polar surface area (TPSA) is 32.9 Å². The van der Waals surface area contributed by atoms with Crippen LogP contribution in [0.5, 0.6) is 0 Å². The van der Waals surface area contributed by atoms with Crippen molar-refractivity contribution in [1.29, 1.82) is 0 Å². The Morgan fingerprint density at radius 1 is 1.21 bits per heavy atom. The molecular weight excluding hydrogens is 255 g/mol. The van der Waals surface area contributed by atoms with Gasteiger partial charge in [-0.05, 0) is 31.0 Å². The van der Waals surface area contributed by atoms with Gasteiger partial charge >= 0.3 is 6.18 Å². The number of aromatic nitrogens is 1. The number of rotatable bonds is 1. The number of aryl methyl sites for hydroxylation is 1. The van der Waals surface area contributed by atoms with Crippen molar-refractivity contribution in [2.24, 2.45) is 0 Å². The second-order valence-corrected chi connectivity index (χ2v) is 4.91. The Morgan fingerprint density at radius 2 is 1.84 bits per heavy atom. The zero-order chi connectivity index (χ0) is 14.4. The van der Waals surface area contributed by atoms with Gasteiger partial charge in [0.25, 0.3) is 0 Å². The van der Waals surface area contributed by atoms with Crippen molar-refractivity contribution >= 4 is 10.9 Å². The van der Waals surface area contributed by atoms with E-state index in [1.54, 1.807) is 6.92 Å². The van der Waals surface area contributed by atoms with Gasteiger partial charge in [-0.2, -0.15) is 13.2 Å². The van der Waals surface area contributed by atoms with Gasteiger partial charge in [0.1, 0.15) is 0 Å². The number of alkyl halides is 3. The van der Waals surface area contributed by atoms with E-state index in [0.29, 0.717) is 16.6 Å². The second-order valence-electron chi connectivity index (χ2n) is 4.91. The highest BCUT2D eigenvalue weighted by molar-refractivity contribution is 5.80. The van der Waals surface area contributed by atoms with Crippen LogP contribution < -0.4 is 5.43 Å². The molecule has 0 aliphatic carbocycles. The molecule has 0 radical (unpaired) electrons. The van der Waals surface area contributed by atoms with E-state index in [9.17, 15) is 18.0 Å². The summed E-state index contributed by atoms with van der Waals surface area (Å²) >= 11 is 0. The molecule has 2 rings (SSSR count). The zero-order valence-electron chi connectivity index (χ0n) is 10.9. The monoisotopic (exact) mass is 269 g/mol. The first kappa shape index (κ1) is 13.6. The zero-order valence-corrected chi connectivity index (χ0v) is 10.9. The summed E-state index contributed by atoms with van der Waals surface area (Å²) in [5, 5.41) is 0.294. The van der Waals surface area contributed by atoms with Crippen LogP contribution in [0.4, 0.5) is 13.2 Å². The molecule has 1 aromatic heterocycles. The minimum Gasteiger partial charge on any atom is -0.358 e. The quantitative estimate of drug-likeness (QED) is 0.834. The average Bonchev–Trinajstić information content (AvgIpc) is 2.26. The normalized spacial score (nSPS) is 12.4. The Labute approximate surface area is 108 Å². The molecule has 0 bridgehead atoms. The predicted molar refractivity (Wildman–Crippen MR) is 68.4 cm³/mol. The molecule has 0 aliphatic heterocycles. The number of hydrogen-bond acceptors (Lipinski definition) is 1. The van der Waals surface area contributed by atoms with Crippen molar-refractivity contribution in [1.82, 2.24) is 4.98 Å². The van der Waals surface area contributed by atoms with Crippen molar-refractivity contribution in [2.75, 3.05) is 0 Å². The number of aromatic amines is 1. The SMILES string of the molecule is Cc1[nH]c2cc(C(F)(F)F)ccc2c(=O)c1C(C)C. The van der Waals surface area contributed by atoms with Crippen LogP contribution in [0.1, 0.15) is 36.6 Å². The molecule has 2 nitrogen and oxygen atoms in total. The third-order valence-corrected chi connectivity index (χ3v) is 3.14. The molecule has 0 aliphatic rings. The molecule has 1 aromatic carbocycles. The van der Waals surface area contributed by atoms with Crippen molar-refractivity contribution in [3.63, 3.8) is 0 Å². The van der Waals surface area contributed by atoms with Crippen molar-refractivity contribution < 1.29 is 13.2 Å². The molecule has 0 unspecified atom stereocenters. The van der Waals surface area contributed by atoms with Crippen LogP contribution in [0.2, 0.25) is 0 Å². The second kappa shape index (κ2) is 4.40. The first-order valence-electron chi connectivity index (χ1n) is 5.95. The fourth-order valence-electron chi connectivity index (χ4n) is 2.30. The highest BCUT2D eigenvalue weighted by Crippen LogP contribution is 2.30. The lowest BCUT2D eigenvalue weighted by atomic mass is 9.98. The number of hydrogen-bond donors (Lipinski definition) is 1. The fourth-order valence-corrected chi connectivity index (χ4v) is 2.30. The first-order valence-corrected chi connectivity index (χ1v) is 5.95. The van der Waals surface area contributed by atoms with Gasteiger partial charge in [-0.15, -0.1) is 0 Å². The number of pyridine rings is 1. The molecule has 0 spiro atoms. The van der Waals surface area contributed by atoms with Crippen molar-refractivity contribution in [3.05, 3.63) is 45.2 Å². The molecule has 0 fully saturated rings. The van der Waals surface area contributed by atoms with Crippen LogP contribution in [0.25, 0.3) is 10.9 Å². The highest BCUT2D eigenvalue weighted by atomic mass is 19.4. The number of nitrogens with one attached hydrogen (secondary N) is 1. The van der Waals surface area contributed by atoms with Crippen LogP contribution >= 0.6 is 0 Å². The lowest BCUT2D eigenvalue weighted by Gasteiger charge is -2.12. The molecule has 2 aromatic rings. The molecule has 0 saturated heterocycles. The van der Waals surface area contributed by atoms with Gasteiger partial charge in [-0.25, -0.2) is 0 Å². The lowest BCUT2D eigenvalue weighted by Crippen LogP contribution is -2.15. The largest absolute Gasteiger partial charge is 0.416 e. The van der Waals surface area contributed by atoms with Crippen LogP contribution in [-0.4, -0.2) is 4.98 Å². The van der Waals surface area contributed by atoms with E-state index in [4.69, 9.17) is 0 Å². The van der Waals surface area contributed by atoms with Crippen LogP contribution in [0, 0.1) is 6.92 Å². The minimum absolute atomic E-state index is 0.0236. The van der Waals surface area contributed by atoms with Gasteiger partial charge in [-0.1, -0.05) is 13.8 Å². The van der Waals surface area contributed by atoms with E-state index in [2.05, 4.69) is 4.98 Å². The molecule has 1 heterocycles. The maximum absolute atomic E-state index is 12.6. The summed E-state index contributed by atoms with van der Waals surface area (Å²) in [6.07, 6.45) is -4.41. The predicted octanol–water partition coefficient (Wildman–Crippen LogP) is 3.98. The Balaban J connectivity index is 2.78. The van der Waals surface area contributed by atoms with Gasteiger partial charge in [0.2, 0.25) is 0 Å². The standard InChI is InChI=1S/C14H14F3NO/c1-7(2)12-8(3)18-11-6-9(14(15,16)17)4-5-10(11)13(12)19/h4-7H,1-3H3,(H,18,19). The van der Waals surface area contributed by atoms with E-state index < -0.39 is 11.7 Å². The Kier molecular flexibility index (Phi) is 3.16. The lowest BCUT2D eigenvalue weighted by molar-refractivity contribution is -0.137.